The standard InChI is InChI=1S/C20H20N2O3S/c23-16-9-18-17(24-12-25-18)8-14(16)11-22-7-3-4-13(10-22)20-21-15-5-1-2-6-19(15)26-20/h1-2,5-6,8-9,13,23H,3-4,7,10-12H2/t13-/m0/s1. The van der Waals surface area contributed by atoms with Crippen LogP contribution in [0.5, 0.6) is 17.2 Å². The van der Waals surface area contributed by atoms with E-state index >= 15 is 0 Å². The van der Waals surface area contributed by atoms with Crippen LogP contribution in [0.2, 0.25) is 0 Å². The van der Waals surface area contributed by atoms with Crippen LogP contribution in [0, 0.1) is 0 Å². The molecule has 3 heterocycles. The Morgan fingerprint density at radius 1 is 1.19 bits per heavy atom. The fraction of sp³-hybridized carbons (Fsp3) is 0.350. The van der Waals surface area contributed by atoms with Crippen LogP contribution >= 0.6 is 11.3 Å². The van der Waals surface area contributed by atoms with E-state index in [1.165, 1.54) is 16.1 Å². The first kappa shape index (κ1) is 15.9. The molecule has 1 aromatic heterocycles. The number of ether oxygens (including phenoxy) is 2. The number of nitrogens with zero attached hydrogens (tertiary/aromatic N) is 2. The Morgan fingerprint density at radius 2 is 2.04 bits per heavy atom. The summed E-state index contributed by atoms with van der Waals surface area (Å²) < 4.78 is 12.0. The number of likely N-dealkylation sites (tertiary alicyclic amines) is 1. The quantitative estimate of drug-likeness (QED) is 0.754. The Morgan fingerprint density at radius 3 is 2.92 bits per heavy atom. The van der Waals surface area contributed by atoms with E-state index in [1.54, 1.807) is 6.07 Å². The molecule has 0 amide bonds. The molecule has 2 aliphatic rings. The van der Waals surface area contributed by atoms with Crippen molar-refractivity contribution >= 4 is 21.6 Å². The lowest BCUT2D eigenvalue weighted by atomic mass is 9.98. The van der Waals surface area contributed by atoms with Crippen LogP contribution in [0.15, 0.2) is 36.4 Å². The summed E-state index contributed by atoms with van der Waals surface area (Å²) in [5.74, 6) is 2.07. The number of hydrogen-bond acceptors (Lipinski definition) is 6. The van der Waals surface area contributed by atoms with Crippen molar-refractivity contribution in [3.63, 3.8) is 0 Å². The molecule has 1 fully saturated rings. The normalized spacial score (nSPS) is 19.9. The van der Waals surface area contributed by atoms with Crippen molar-refractivity contribution in [2.75, 3.05) is 19.9 Å². The first-order valence-corrected chi connectivity index (χ1v) is 9.77. The number of hydrogen-bond donors (Lipinski definition) is 1. The van der Waals surface area contributed by atoms with Gasteiger partial charge in [-0.2, -0.15) is 0 Å². The first-order valence-electron chi connectivity index (χ1n) is 8.95. The van der Waals surface area contributed by atoms with Gasteiger partial charge in [0.2, 0.25) is 6.79 Å². The van der Waals surface area contributed by atoms with Crippen LogP contribution in [-0.2, 0) is 6.54 Å². The number of piperidine rings is 1. The minimum absolute atomic E-state index is 0.224. The summed E-state index contributed by atoms with van der Waals surface area (Å²) in [6.45, 7) is 2.94. The van der Waals surface area contributed by atoms with E-state index in [4.69, 9.17) is 14.5 Å². The number of fused-ring (bicyclic) bond motifs is 2. The van der Waals surface area contributed by atoms with E-state index in [0.29, 0.717) is 18.2 Å². The molecule has 2 aromatic carbocycles. The average molecular weight is 368 g/mol. The van der Waals surface area contributed by atoms with Crippen molar-refractivity contribution in [3.8, 4) is 17.2 Å². The Bertz CT molecular complexity index is 922. The second kappa shape index (κ2) is 6.45. The zero-order chi connectivity index (χ0) is 17.5. The van der Waals surface area contributed by atoms with Crippen molar-refractivity contribution in [2.45, 2.75) is 25.3 Å². The van der Waals surface area contributed by atoms with Gasteiger partial charge in [-0.1, -0.05) is 12.1 Å². The lowest BCUT2D eigenvalue weighted by molar-refractivity contribution is 0.173. The van der Waals surface area contributed by atoms with Gasteiger partial charge in [0.15, 0.2) is 11.5 Å². The van der Waals surface area contributed by atoms with Gasteiger partial charge in [0.1, 0.15) is 5.75 Å². The molecule has 6 heteroatoms. The summed E-state index contributed by atoms with van der Waals surface area (Å²) in [6.07, 6.45) is 2.31. The molecule has 0 aliphatic carbocycles. The highest BCUT2D eigenvalue weighted by Crippen LogP contribution is 2.39. The average Bonchev–Trinajstić information content (AvgIpc) is 3.28. The fourth-order valence-electron chi connectivity index (χ4n) is 3.81. The molecule has 1 saturated heterocycles. The molecule has 26 heavy (non-hydrogen) atoms. The smallest absolute Gasteiger partial charge is 0.231 e. The predicted octanol–water partition coefficient (Wildman–Crippen LogP) is 4.11. The van der Waals surface area contributed by atoms with Gasteiger partial charge in [-0.15, -0.1) is 11.3 Å². The maximum absolute atomic E-state index is 10.3. The van der Waals surface area contributed by atoms with E-state index in [9.17, 15) is 5.11 Å². The summed E-state index contributed by atoms with van der Waals surface area (Å²) in [6, 6.07) is 11.9. The first-order chi connectivity index (χ1) is 12.8. The maximum atomic E-state index is 10.3. The highest BCUT2D eigenvalue weighted by molar-refractivity contribution is 7.18. The molecule has 0 spiro atoms. The van der Waals surface area contributed by atoms with Crippen molar-refractivity contribution in [3.05, 3.63) is 47.0 Å². The van der Waals surface area contributed by atoms with Crippen LogP contribution in [-0.4, -0.2) is 34.9 Å². The van der Waals surface area contributed by atoms with Gasteiger partial charge >= 0.3 is 0 Å². The largest absolute Gasteiger partial charge is 0.507 e. The van der Waals surface area contributed by atoms with Gasteiger partial charge in [0.25, 0.3) is 0 Å². The van der Waals surface area contributed by atoms with Crippen LogP contribution in [0.1, 0.15) is 29.3 Å². The summed E-state index contributed by atoms with van der Waals surface area (Å²) >= 11 is 1.81. The lowest BCUT2D eigenvalue weighted by Gasteiger charge is -2.31. The summed E-state index contributed by atoms with van der Waals surface area (Å²) in [5.41, 5.74) is 1.98. The number of aromatic hydroxyl groups is 1. The lowest BCUT2D eigenvalue weighted by Crippen LogP contribution is -2.33. The highest BCUT2D eigenvalue weighted by atomic mass is 32.1. The number of thiazole rings is 1. The molecule has 1 N–H and O–H groups in total. The molecule has 1 atom stereocenters. The van der Waals surface area contributed by atoms with Crippen molar-refractivity contribution < 1.29 is 14.6 Å². The Labute approximate surface area is 155 Å². The Hall–Kier alpha value is -2.31. The second-order valence-corrected chi connectivity index (χ2v) is 7.99. The number of phenols is 1. The van der Waals surface area contributed by atoms with Crippen molar-refractivity contribution in [1.82, 2.24) is 9.88 Å². The van der Waals surface area contributed by atoms with E-state index in [2.05, 4.69) is 23.1 Å². The minimum Gasteiger partial charge on any atom is -0.507 e. The van der Waals surface area contributed by atoms with Gasteiger partial charge in [-0.05, 0) is 37.6 Å². The fourth-order valence-corrected chi connectivity index (χ4v) is 4.90. The van der Waals surface area contributed by atoms with E-state index in [1.807, 2.05) is 23.5 Å². The number of rotatable bonds is 3. The number of phenolic OH excluding ortho intramolecular Hbond substituents is 1. The van der Waals surface area contributed by atoms with E-state index < -0.39 is 0 Å². The summed E-state index contributed by atoms with van der Waals surface area (Å²) in [4.78, 5) is 7.25. The second-order valence-electron chi connectivity index (χ2n) is 6.93. The third kappa shape index (κ3) is 2.89. The maximum Gasteiger partial charge on any atom is 0.231 e. The van der Waals surface area contributed by atoms with Crippen LogP contribution in [0.25, 0.3) is 10.2 Å². The molecule has 3 aromatic rings. The molecular weight excluding hydrogens is 348 g/mol. The van der Waals surface area contributed by atoms with Crippen LogP contribution in [0.3, 0.4) is 0 Å². The number of benzene rings is 2. The molecule has 0 unspecified atom stereocenters. The monoisotopic (exact) mass is 368 g/mol. The molecule has 0 bridgehead atoms. The van der Waals surface area contributed by atoms with Gasteiger partial charge in [0.05, 0.1) is 15.2 Å². The SMILES string of the molecule is Oc1cc2c(cc1CN1CCC[C@H](c3nc4ccccc4s3)C1)OCO2. The van der Waals surface area contributed by atoms with Gasteiger partial charge in [0, 0.05) is 30.6 Å². The van der Waals surface area contributed by atoms with Crippen molar-refractivity contribution in [2.24, 2.45) is 0 Å². The third-order valence-electron chi connectivity index (χ3n) is 5.13. The topological polar surface area (TPSA) is 54.8 Å². The molecule has 5 rings (SSSR count). The summed E-state index contributed by atoms with van der Waals surface area (Å²) in [7, 11) is 0. The molecular formula is C20H20N2O3S. The van der Waals surface area contributed by atoms with Gasteiger partial charge < -0.3 is 14.6 Å². The molecule has 134 valence electrons. The Balaban J connectivity index is 1.34. The number of aromatic nitrogens is 1. The zero-order valence-corrected chi connectivity index (χ0v) is 15.2. The molecule has 0 saturated carbocycles. The van der Waals surface area contributed by atoms with Gasteiger partial charge in [-0.3, -0.25) is 4.90 Å². The Kier molecular flexibility index (Phi) is 3.94. The molecule has 5 nitrogen and oxygen atoms in total. The highest BCUT2D eigenvalue weighted by Gasteiger charge is 2.25. The van der Waals surface area contributed by atoms with E-state index in [-0.39, 0.29) is 12.5 Å². The number of para-hydroxylation sites is 1. The third-order valence-corrected chi connectivity index (χ3v) is 6.33. The predicted molar refractivity (Wildman–Crippen MR) is 101 cm³/mol. The van der Waals surface area contributed by atoms with Crippen molar-refractivity contribution in [1.29, 1.82) is 0 Å². The molecule has 2 aliphatic heterocycles. The summed E-state index contributed by atoms with van der Waals surface area (Å²) in [5, 5.41) is 11.5. The molecule has 0 radical (unpaired) electrons. The van der Waals surface area contributed by atoms with Crippen LogP contribution in [0.4, 0.5) is 0 Å². The van der Waals surface area contributed by atoms with E-state index in [0.717, 1.165) is 36.3 Å². The van der Waals surface area contributed by atoms with Gasteiger partial charge in [-0.25, -0.2) is 4.98 Å². The zero-order valence-electron chi connectivity index (χ0n) is 14.4. The van der Waals surface area contributed by atoms with Crippen LogP contribution < -0.4 is 9.47 Å². The minimum atomic E-state index is 0.224.